The quantitative estimate of drug-likeness (QED) is 0.730. The van der Waals surface area contributed by atoms with Crippen LogP contribution in [0.4, 0.5) is 5.13 Å². The van der Waals surface area contributed by atoms with Crippen LogP contribution in [0.3, 0.4) is 0 Å². The van der Waals surface area contributed by atoms with E-state index in [1.807, 2.05) is 5.38 Å². The number of amides is 1. The van der Waals surface area contributed by atoms with Gasteiger partial charge in [-0.15, -0.1) is 11.3 Å². The van der Waals surface area contributed by atoms with Gasteiger partial charge in [0.05, 0.1) is 5.69 Å². The van der Waals surface area contributed by atoms with Gasteiger partial charge in [-0.05, 0) is 43.7 Å². The van der Waals surface area contributed by atoms with Gasteiger partial charge in [0.25, 0.3) is 0 Å². The van der Waals surface area contributed by atoms with E-state index >= 15 is 0 Å². The zero-order chi connectivity index (χ0) is 19.2. The molecule has 2 fully saturated rings. The van der Waals surface area contributed by atoms with Gasteiger partial charge in [0.1, 0.15) is 5.76 Å². The Morgan fingerprint density at radius 1 is 1.21 bits per heavy atom. The Bertz CT molecular complexity index is 739. The van der Waals surface area contributed by atoms with Crippen molar-refractivity contribution in [3.05, 3.63) is 29.1 Å². The van der Waals surface area contributed by atoms with Crippen LogP contribution in [0.5, 0.6) is 0 Å². The van der Waals surface area contributed by atoms with Gasteiger partial charge in [0, 0.05) is 30.5 Å². The summed E-state index contributed by atoms with van der Waals surface area (Å²) in [6, 6.07) is 2.15. The maximum atomic E-state index is 12.4. The molecule has 2 aromatic rings. The van der Waals surface area contributed by atoms with Crippen LogP contribution < -0.4 is 10.6 Å². The molecular weight excluding hydrogens is 372 g/mol. The fraction of sp³-hybridized carbons (Fsp3) is 0.667. The minimum atomic E-state index is 0.0602. The highest BCUT2D eigenvalue weighted by molar-refractivity contribution is 7.13. The van der Waals surface area contributed by atoms with Gasteiger partial charge in [-0.1, -0.05) is 37.3 Å². The molecule has 1 aliphatic heterocycles. The van der Waals surface area contributed by atoms with Crippen LogP contribution in [0.15, 0.2) is 22.2 Å². The lowest BCUT2D eigenvalue weighted by atomic mass is 9.81. The summed E-state index contributed by atoms with van der Waals surface area (Å²) in [5.41, 5.74) is 1.03. The Morgan fingerprint density at radius 2 is 2.11 bits per heavy atom. The number of rotatable bonds is 7. The van der Waals surface area contributed by atoms with Crippen LogP contribution in [-0.4, -0.2) is 29.1 Å². The summed E-state index contributed by atoms with van der Waals surface area (Å²) in [6.45, 7) is 1.90. The van der Waals surface area contributed by atoms with E-state index in [0.717, 1.165) is 49.7 Å². The second kappa shape index (κ2) is 9.65. The maximum Gasteiger partial charge on any atom is 0.226 e. The van der Waals surface area contributed by atoms with E-state index in [1.54, 1.807) is 6.20 Å². The van der Waals surface area contributed by atoms with Crippen molar-refractivity contribution in [1.29, 1.82) is 0 Å². The van der Waals surface area contributed by atoms with E-state index in [4.69, 9.17) is 4.52 Å². The maximum absolute atomic E-state index is 12.4. The Labute approximate surface area is 170 Å². The highest BCUT2D eigenvalue weighted by atomic mass is 32.1. The molecule has 1 aliphatic carbocycles. The molecule has 0 bridgehead atoms. The van der Waals surface area contributed by atoms with E-state index in [0.29, 0.717) is 23.4 Å². The number of piperidine rings is 1. The summed E-state index contributed by atoms with van der Waals surface area (Å²) in [4.78, 5) is 16.5. The lowest BCUT2D eigenvalue weighted by molar-refractivity contribution is -0.117. The number of anilines is 1. The smallest absolute Gasteiger partial charge is 0.226 e. The Kier molecular flexibility index (Phi) is 6.75. The average molecular weight is 403 g/mol. The van der Waals surface area contributed by atoms with Gasteiger partial charge in [-0.25, -0.2) is 4.98 Å². The molecule has 2 aromatic heterocycles. The summed E-state index contributed by atoms with van der Waals surface area (Å²) in [5, 5.41) is 13.3. The molecule has 0 spiro atoms. The third-order valence-corrected chi connectivity index (χ3v) is 6.87. The molecule has 1 amide bonds. The van der Waals surface area contributed by atoms with Crippen LogP contribution in [-0.2, 0) is 17.6 Å². The van der Waals surface area contributed by atoms with E-state index in [9.17, 15) is 4.79 Å². The number of nitrogens with zero attached hydrogens (tertiary/aromatic N) is 2. The summed E-state index contributed by atoms with van der Waals surface area (Å²) >= 11 is 1.46. The van der Waals surface area contributed by atoms with Gasteiger partial charge in [-0.3, -0.25) is 4.79 Å². The number of hydrogen-bond acceptors (Lipinski definition) is 6. The molecule has 0 unspecified atom stereocenters. The largest absolute Gasteiger partial charge is 0.361 e. The molecule has 1 saturated carbocycles. The second-order valence-electron chi connectivity index (χ2n) is 8.30. The Hall–Kier alpha value is -1.73. The fourth-order valence-electron chi connectivity index (χ4n) is 4.67. The summed E-state index contributed by atoms with van der Waals surface area (Å²) in [6.07, 6.45) is 11.9. The topological polar surface area (TPSA) is 80.0 Å². The van der Waals surface area contributed by atoms with Gasteiger partial charge in [0.2, 0.25) is 5.91 Å². The number of hydrogen-bond donors (Lipinski definition) is 2. The molecule has 3 heterocycles. The normalized spacial score (nSPS) is 23.6. The third-order valence-electron chi connectivity index (χ3n) is 6.19. The van der Waals surface area contributed by atoms with Crippen molar-refractivity contribution in [2.45, 2.75) is 57.8 Å². The van der Waals surface area contributed by atoms with Crippen molar-refractivity contribution >= 4 is 22.4 Å². The summed E-state index contributed by atoms with van der Waals surface area (Å²) in [5.74, 6) is 2.62. The predicted octanol–water partition coefficient (Wildman–Crippen LogP) is 4.05. The number of thiazole rings is 1. The van der Waals surface area contributed by atoms with Crippen LogP contribution >= 0.6 is 11.3 Å². The molecule has 28 heavy (non-hydrogen) atoms. The van der Waals surface area contributed by atoms with Gasteiger partial charge < -0.3 is 15.2 Å². The Balaban J connectivity index is 1.31. The summed E-state index contributed by atoms with van der Waals surface area (Å²) < 4.78 is 5.64. The van der Waals surface area contributed by atoms with Crippen molar-refractivity contribution in [3.8, 4) is 0 Å². The van der Waals surface area contributed by atoms with E-state index in [1.165, 1.54) is 43.4 Å². The second-order valence-corrected chi connectivity index (χ2v) is 9.19. The van der Waals surface area contributed by atoms with Gasteiger partial charge >= 0.3 is 0 Å². The number of aromatic nitrogens is 2. The minimum absolute atomic E-state index is 0.0602. The molecule has 0 aromatic carbocycles. The first-order valence-corrected chi connectivity index (χ1v) is 11.5. The number of nitrogens with one attached hydrogen (secondary N) is 2. The fourth-order valence-corrected chi connectivity index (χ4v) is 5.22. The summed E-state index contributed by atoms with van der Waals surface area (Å²) in [7, 11) is 0. The van der Waals surface area contributed by atoms with Gasteiger partial charge in [0.15, 0.2) is 5.13 Å². The standard InChI is InChI=1S/C21H30N4O2S/c26-20(24-21-23-8-9-28-21)12-16-6-7-22-14-17(16)11-18-13-19(27-25-18)10-15-4-2-1-3-5-15/h8-9,13,15-17,22H,1-7,10-12,14H2,(H,23,24,26)/t16-,17-/m0/s1. The minimum Gasteiger partial charge on any atom is -0.361 e. The first-order chi connectivity index (χ1) is 13.8. The molecule has 7 heteroatoms. The molecule has 1 saturated heterocycles. The Morgan fingerprint density at radius 3 is 2.93 bits per heavy atom. The lowest BCUT2D eigenvalue weighted by Gasteiger charge is -2.31. The lowest BCUT2D eigenvalue weighted by Crippen LogP contribution is -2.39. The molecule has 6 nitrogen and oxygen atoms in total. The zero-order valence-corrected chi connectivity index (χ0v) is 17.2. The van der Waals surface area contributed by atoms with Crippen LogP contribution in [0, 0.1) is 17.8 Å². The van der Waals surface area contributed by atoms with E-state index in [-0.39, 0.29) is 5.91 Å². The van der Waals surface area contributed by atoms with Gasteiger partial charge in [-0.2, -0.15) is 0 Å². The monoisotopic (exact) mass is 402 g/mol. The zero-order valence-electron chi connectivity index (χ0n) is 16.4. The SMILES string of the molecule is O=C(C[C@@H]1CCNC[C@@H]1Cc1cc(CC2CCCCC2)on1)Nc1nccs1. The first-order valence-electron chi connectivity index (χ1n) is 10.6. The highest BCUT2D eigenvalue weighted by Crippen LogP contribution is 2.29. The molecule has 2 N–H and O–H groups in total. The molecule has 2 atom stereocenters. The number of carbonyl (C=O) groups excluding carboxylic acids is 1. The predicted molar refractivity (Wildman–Crippen MR) is 110 cm³/mol. The first kappa shape index (κ1) is 19.6. The van der Waals surface area contributed by atoms with Crippen molar-refractivity contribution < 1.29 is 9.32 Å². The van der Waals surface area contributed by atoms with Crippen LogP contribution in [0.2, 0.25) is 0 Å². The average Bonchev–Trinajstić information content (AvgIpc) is 3.36. The molecule has 4 rings (SSSR count). The molecular formula is C21H30N4O2S. The van der Waals surface area contributed by atoms with E-state index < -0.39 is 0 Å². The van der Waals surface area contributed by atoms with Crippen molar-refractivity contribution in [2.75, 3.05) is 18.4 Å². The number of carbonyl (C=O) groups is 1. The van der Waals surface area contributed by atoms with Crippen molar-refractivity contribution in [3.63, 3.8) is 0 Å². The van der Waals surface area contributed by atoms with E-state index in [2.05, 4.69) is 26.8 Å². The highest BCUT2D eigenvalue weighted by Gasteiger charge is 2.28. The molecule has 152 valence electrons. The van der Waals surface area contributed by atoms with Crippen molar-refractivity contribution in [2.24, 2.45) is 17.8 Å². The van der Waals surface area contributed by atoms with Crippen LogP contribution in [0.25, 0.3) is 0 Å². The third kappa shape index (κ3) is 5.41. The van der Waals surface area contributed by atoms with Crippen molar-refractivity contribution in [1.82, 2.24) is 15.5 Å². The van der Waals surface area contributed by atoms with Crippen LogP contribution in [0.1, 0.15) is 56.4 Å². The molecule has 0 radical (unpaired) electrons. The molecule has 2 aliphatic rings.